The minimum atomic E-state index is -0.405. The highest BCUT2D eigenvalue weighted by molar-refractivity contribution is 5.22. The Morgan fingerprint density at radius 2 is 1.71 bits per heavy atom. The zero-order valence-electron chi connectivity index (χ0n) is 8.61. The molecule has 0 amide bonds. The zero-order chi connectivity index (χ0) is 9.97. The van der Waals surface area contributed by atoms with Crippen LogP contribution in [0.1, 0.15) is 30.2 Å². The van der Waals surface area contributed by atoms with E-state index in [0.29, 0.717) is 0 Å². The second kappa shape index (κ2) is 4.11. The molecule has 1 saturated heterocycles. The molecular weight excluding hydrogens is 174 g/mol. The molecule has 2 nitrogen and oxygen atoms in total. The van der Waals surface area contributed by atoms with Crippen LogP contribution in [0.3, 0.4) is 0 Å². The van der Waals surface area contributed by atoms with Gasteiger partial charge in [0.25, 0.3) is 0 Å². The van der Waals surface area contributed by atoms with Crippen molar-refractivity contribution in [3.05, 3.63) is 35.4 Å². The monoisotopic (exact) mass is 191 g/mol. The van der Waals surface area contributed by atoms with Gasteiger partial charge in [-0.3, -0.25) is 4.90 Å². The minimum Gasteiger partial charge on any atom is -0.374 e. The van der Waals surface area contributed by atoms with Crippen LogP contribution in [-0.4, -0.2) is 23.1 Å². The Morgan fingerprint density at radius 1 is 1.14 bits per heavy atom. The van der Waals surface area contributed by atoms with Gasteiger partial charge in [-0.05, 0) is 25.3 Å². The minimum absolute atomic E-state index is 0.405. The third-order valence-corrected chi connectivity index (χ3v) is 2.86. The van der Waals surface area contributed by atoms with Gasteiger partial charge in [0.2, 0.25) is 0 Å². The van der Waals surface area contributed by atoms with E-state index in [1.165, 1.54) is 18.4 Å². The molecule has 1 N–H and O–H groups in total. The normalized spacial score (nSPS) is 19.9. The van der Waals surface area contributed by atoms with Crippen LogP contribution in [-0.2, 0) is 0 Å². The van der Waals surface area contributed by atoms with Gasteiger partial charge in [-0.1, -0.05) is 29.8 Å². The lowest BCUT2D eigenvalue weighted by Gasteiger charge is -2.22. The zero-order valence-corrected chi connectivity index (χ0v) is 8.61. The second-order valence-corrected chi connectivity index (χ2v) is 4.03. The van der Waals surface area contributed by atoms with E-state index in [2.05, 4.69) is 24.0 Å². The Bertz CT molecular complexity index is 288. The lowest BCUT2D eigenvalue weighted by atomic mass is 10.1. The molecule has 2 heteroatoms. The van der Waals surface area contributed by atoms with Gasteiger partial charge >= 0.3 is 0 Å². The second-order valence-electron chi connectivity index (χ2n) is 4.03. The Hall–Kier alpha value is -0.860. The molecule has 14 heavy (non-hydrogen) atoms. The van der Waals surface area contributed by atoms with Gasteiger partial charge in [0.1, 0.15) is 6.23 Å². The molecule has 2 rings (SSSR count). The molecule has 1 atom stereocenters. The number of nitrogens with zero attached hydrogens (tertiary/aromatic N) is 1. The van der Waals surface area contributed by atoms with E-state index >= 15 is 0 Å². The van der Waals surface area contributed by atoms with Crippen LogP contribution in [0.5, 0.6) is 0 Å². The summed E-state index contributed by atoms with van der Waals surface area (Å²) in [7, 11) is 0. The summed E-state index contributed by atoms with van der Waals surface area (Å²) in [6.07, 6.45) is 2.02. The smallest absolute Gasteiger partial charge is 0.133 e. The molecular formula is C12H17NO. The lowest BCUT2D eigenvalue weighted by molar-refractivity contribution is 0.0190. The fraction of sp³-hybridized carbons (Fsp3) is 0.500. The summed E-state index contributed by atoms with van der Waals surface area (Å²) in [5, 5.41) is 10.0. The molecule has 1 aliphatic heterocycles. The molecule has 1 aromatic carbocycles. The van der Waals surface area contributed by atoms with Crippen LogP contribution in [0.2, 0.25) is 0 Å². The number of aliphatic hydroxyl groups is 1. The number of hydrogen-bond donors (Lipinski definition) is 1. The van der Waals surface area contributed by atoms with E-state index in [1.54, 1.807) is 0 Å². The number of hydrogen-bond acceptors (Lipinski definition) is 2. The van der Waals surface area contributed by atoms with E-state index < -0.39 is 6.23 Å². The molecule has 1 fully saturated rings. The van der Waals surface area contributed by atoms with Crippen molar-refractivity contribution in [1.82, 2.24) is 4.90 Å². The maximum atomic E-state index is 10.0. The first-order valence-corrected chi connectivity index (χ1v) is 5.26. The maximum absolute atomic E-state index is 10.0. The molecule has 0 spiro atoms. The Labute approximate surface area is 85.2 Å². The van der Waals surface area contributed by atoms with Crippen molar-refractivity contribution in [3.63, 3.8) is 0 Å². The first-order chi connectivity index (χ1) is 6.77. The number of rotatable bonds is 2. The highest BCUT2D eigenvalue weighted by Gasteiger charge is 2.20. The Kier molecular flexibility index (Phi) is 2.85. The van der Waals surface area contributed by atoms with Crippen molar-refractivity contribution < 1.29 is 5.11 Å². The summed E-state index contributed by atoms with van der Waals surface area (Å²) in [6, 6.07) is 8.12. The van der Waals surface area contributed by atoms with Gasteiger partial charge in [-0.25, -0.2) is 0 Å². The van der Waals surface area contributed by atoms with Crippen LogP contribution in [0.4, 0.5) is 0 Å². The molecule has 1 unspecified atom stereocenters. The first-order valence-electron chi connectivity index (χ1n) is 5.26. The van der Waals surface area contributed by atoms with E-state index in [9.17, 15) is 5.11 Å². The van der Waals surface area contributed by atoms with Crippen molar-refractivity contribution in [3.8, 4) is 0 Å². The number of aliphatic hydroxyl groups excluding tert-OH is 1. The molecule has 1 aromatic rings. The van der Waals surface area contributed by atoms with Gasteiger partial charge in [-0.15, -0.1) is 0 Å². The summed E-state index contributed by atoms with van der Waals surface area (Å²) < 4.78 is 0. The van der Waals surface area contributed by atoms with E-state index in [4.69, 9.17) is 0 Å². The predicted molar refractivity (Wildman–Crippen MR) is 56.9 cm³/mol. The Morgan fingerprint density at radius 3 is 2.29 bits per heavy atom. The number of aryl methyl sites for hydroxylation is 1. The largest absolute Gasteiger partial charge is 0.374 e. The quantitative estimate of drug-likeness (QED) is 0.773. The number of benzene rings is 1. The molecule has 0 bridgehead atoms. The first kappa shape index (κ1) is 9.69. The molecule has 0 aromatic heterocycles. The lowest BCUT2D eigenvalue weighted by Crippen LogP contribution is -2.25. The number of likely N-dealkylation sites (tertiary alicyclic amines) is 1. The van der Waals surface area contributed by atoms with Gasteiger partial charge in [-0.2, -0.15) is 0 Å². The fourth-order valence-electron chi connectivity index (χ4n) is 1.94. The average Bonchev–Trinajstić information content (AvgIpc) is 2.71. The molecule has 1 aliphatic rings. The van der Waals surface area contributed by atoms with Crippen LogP contribution >= 0.6 is 0 Å². The van der Waals surface area contributed by atoms with Crippen LogP contribution < -0.4 is 0 Å². The van der Waals surface area contributed by atoms with Crippen molar-refractivity contribution >= 4 is 0 Å². The standard InChI is InChI=1S/C12H17NO/c1-10-4-6-11(7-5-10)12(14)13-8-2-3-9-13/h4-7,12,14H,2-3,8-9H2,1H3. The third kappa shape index (κ3) is 1.97. The van der Waals surface area contributed by atoms with Crippen molar-refractivity contribution in [2.75, 3.05) is 13.1 Å². The Balaban J connectivity index is 2.09. The highest BCUT2D eigenvalue weighted by Crippen LogP contribution is 2.22. The summed E-state index contributed by atoms with van der Waals surface area (Å²) in [4.78, 5) is 2.13. The van der Waals surface area contributed by atoms with Crippen LogP contribution in [0.15, 0.2) is 24.3 Å². The summed E-state index contributed by atoms with van der Waals surface area (Å²) >= 11 is 0. The third-order valence-electron chi connectivity index (χ3n) is 2.86. The van der Waals surface area contributed by atoms with Gasteiger partial charge in [0.05, 0.1) is 0 Å². The molecule has 0 radical (unpaired) electrons. The van der Waals surface area contributed by atoms with Crippen LogP contribution in [0, 0.1) is 6.92 Å². The summed E-state index contributed by atoms with van der Waals surface area (Å²) in [5.41, 5.74) is 2.25. The summed E-state index contributed by atoms with van der Waals surface area (Å²) in [5.74, 6) is 0. The highest BCUT2D eigenvalue weighted by atomic mass is 16.3. The van der Waals surface area contributed by atoms with E-state index in [-0.39, 0.29) is 0 Å². The molecule has 1 heterocycles. The maximum Gasteiger partial charge on any atom is 0.133 e. The SMILES string of the molecule is Cc1ccc(C(O)N2CCCC2)cc1. The average molecular weight is 191 g/mol. The van der Waals surface area contributed by atoms with E-state index in [0.717, 1.165) is 18.7 Å². The topological polar surface area (TPSA) is 23.5 Å². The molecule has 0 saturated carbocycles. The van der Waals surface area contributed by atoms with Gasteiger partial charge in [0, 0.05) is 13.1 Å². The van der Waals surface area contributed by atoms with Crippen molar-refractivity contribution in [2.24, 2.45) is 0 Å². The predicted octanol–water partition coefficient (Wildman–Crippen LogP) is 2.08. The van der Waals surface area contributed by atoms with Crippen LogP contribution in [0.25, 0.3) is 0 Å². The van der Waals surface area contributed by atoms with E-state index in [1.807, 2.05) is 12.1 Å². The molecule has 76 valence electrons. The van der Waals surface area contributed by atoms with Crippen molar-refractivity contribution in [1.29, 1.82) is 0 Å². The molecule has 0 aliphatic carbocycles. The fourth-order valence-corrected chi connectivity index (χ4v) is 1.94. The van der Waals surface area contributed by atoms with Gasteiger partial charge < -0.3 is 5.11 Å². The van der Waals surface area contributed by atoms with Crippen molar-refractivity contribution in [2.45, 2.75) is 26.0 Å². The van der Waals surface area contributed by atoms with Gasteiger partial charge in [0.15, 0.2) is 0 Å². The summed E-state index contributed by atoms with van der Waals surface area (Å²) in [6.45, 7) is 4.11.